The molecule has 0 fully saturated rings. The van der Waals surface area contributed by atoms with Crippen LogP contribution in [0.5, 0.6) is 0 Å². The largest absolute Gasteiger partial charge is 0.396 e. The summed E-state index contributed by atoms with van der Waals surface area (Å²) < 4.78 is 13.6. The van der Waals surface area contributed by atoms with Gasteiger partial charge < -0.3 is 10.8 Å². The lowest BCUT2D eigenvalue weighted by Gasteiger charge is -2.36. The van der Waals surface area contributed by atoms with Crippen LogP contribution in [-0.2, 0) is 5.41 Å². The van der Waals surface area contributed by atoms with Crippen LogP contribution >= 0.6 is 23.2 Å². The van der Waals surface area contributed by atoms with E-state index in [1.54, 1.807) is 0 Å². The number of hydrogen-bond acceptors (Lipinski definition) is 2. The summed E-state index contributed by atoms with van der Waals surface area (Å²) in [6.45, 7) is 3.79. The second kappa shape index (κ2) is 6.20. The van der Waals surface area contributed by atoms with Crippen LogP contribution in [0, 0.1) is 5.82 Å². The molecule has 0 amide bonds. The molecule has 0 heterocycles. The minimum absolute atomic E-state index is 0.0137. The quantitative estimate of drug-likeness (QED) is 0.816. The van der Waals surface area contributed by atoms with E-state index in [-0.39, 0.29) is 17.7 Å². The van der Waals surface area contributed by atoms with Crippen molar-refractivity contribution in [2.45, 2.75) is 38.1 Å². The van der Waals surface area contributed by atoms with Crippen LogP contribution in [0.1, 0.15) is 32.3 Å². The molecule has 1 rings (SSSR count). The lowest BCUT2D eigenvalue weighted by atomic mass is 9.73. The number of benzene rings is 1. The van der Waals surface area contributed by atoms with Crippen molar-refractivity contribution in [3.63, 3.8) is 0 Å². The standard InChI is InChI=1S/C13H18Cl2FNO/c1-3-12(17)13(2,4-5-18)8-6-11(16)10(15)7-9(8)14/h6-7,12,18H,3-5,17H2,1-2H3. The van der Waals surface area contributed by atoms with Crippen molar-refractivity contribution in [2.24, 2.45) is 5.73 Å². The van der Waals surface area contributed by atoms with E-state index in [1.165, 1.54) is 12.1 Å². The van der Waals surface area contributed by atoms with Crippen LogP contribution < -0.4 is 5.73 Å². The third kappa shape index (κ3) is 2.97. The fourth-order valence-electron chi connectivity index (χ4n) is 2.16. The van der Waals surface area contributed by atoms with Gasteiger partial charge in [0.25, 0.3) is 0 Å². The maximum absolute atomic E-state index is 13.6. The Labute approximate surface area is 117 Å². The molecule has 2 atom stereocenters. The first-order valence-corrected chi connectivity index (χ1v) is 6.63. The predicted octanol–water partition coefficient (Wildman–Crippen LogP) is 3.51. The van der Waals surface area contributed by atoms with Crippen LogP contribution in [0.15, 0.2) is 12.1 Å². The Bertz CT molecular complexity index is 428. The highest BCUT2D eigenvalue weighted by molar-refractivity contribution is 6.35. The second-order valence-electron chi connectivity index (χ2n) is 4.65. The second-order valence-corrected chi connectivity index (χ2v) is 5.47. The third-order valence-electron chi connectivity index (χ3n) is 3.51. The van der Waals surface area contributed by atoms with Gasteiger partial charge in [-0.25, -0.2) is 4.39 Å². The van der Waals surface area contributed by atoms with Gasteiger partial charge in [0, 0.05) is 23.1 Å². The summed E-state index contributed by atoms with van der Waals surface area (Å²) in [4.78, 5) is 0. The molecule has 0 bridgehead atoms. The Balaban J connectivity index is 3.33. The summed E-state index contributed by atoms with van der Waals surface area (Å²) in [7, 11) is 0. The molecule has 0 spiro atoms. The third-order valence-corrected chi connectivity index (χ3v) is 4.12. The normalized spacial score (nSPS) is 16.4. The summed E-state index contributed by atoms with van der Waals surface area (Å²) >= 11 is 11.8. The van der Waals surface area contributed by atoms with E-state index in [9.17, 15) is 9.50 Å². The number of halogens is 3. The van der Waals surface area contributed by atoms with Gasteiger partial charge in [0.2, 0.25) is 0 Å². The molecule has 0 aliphatic rings. The Morgan fingerprint density at radius 2 is 2.00 bits per heavy atom. The van der Waals surface area contributed by atoms with Crippen LogP contribution in [0.25, 0.3) is 0 Å². The Morgan fingerprint density at radius 1 is 1.39 bits per heavy atom. The maximum Gasteiger partial charge on any atom is 0.142 e. The molecule has 1 aromatic carbocycles. The number of nitrogens with two attached hydrogens (primary N) is 1. The van der Waals surface area contributed by atoms with Gasteiger partial charge in [-0.15, -0.1) is 0 Å². The van der Waals surface area contributed by atoms with Gasteiger partial charge in [-0.2, -0.15) is 0 Å². The molecule has 0 saturated carbocycles. The molecule has 1 aromatic rings. The Kier molecular flexibility index (Phi) is 5.41. The summed E-state index contributed by atoms with van der Waals surface area (Å²) in [6, 6.07) is 2.48. The molecule has 0 aliphatic carbocycles. The Hall–Kier alpha value is -0.350. The molecule has 0 radical (unpaired) electrons. The molecule has 102 valence electrons. The highest BCUT2D eigenvalue weighted by Crippen LogP contribution is 2.38. The molecule has 2 nitrogen and oxygen atoms in total. The lowest BCUT2D eigenvalue weighted by molar-refractivity contribution is 0.223. The lowest BCUT2D eigenvalue weighted by Crippen LogP contribution is -2.43. The average Bonchev–Trinajstić information content (AvgIpc) is 2.32. The predicted molar refractivity (Wildman–Crippen MR) is 73.7 cm³/mol. The Morgan fingerprint density at radius 3 is 2.50 bits per heavy atom. The minimum Gasteiger partial charge on any atom is -0.396 e. The molecular formula is C13H18Cl2FNO. The number of rotatable bonds is 5. The van der Waals surface area contributed by atoms with Crippen molar-refractivity contribution in [2.75, 3.05) is 6.61 Å². The van der Waals surface area contributed by atoms with E-state index < -0.39 is 11.2 Å². The van der Waals surface area contributed by atoms with E-state index in [0.717, 1.165) is 0 Å². The zero-order valence-corrected chi connectivity index (χ0v) is 12.0. The van der Waals surface area contributed by atoms with Crippen LogP contribution in [0.3, 0.4) is 0 Å². The zero-order chi connectivity index (χ0) is 13.9. The van der Waals surface area contributed by atoms with E-state index in [4.69, 9.17) is 28.9 Å². The highest BCUT2D eigenvalue weighted by atomic mass is 35.5. The summed E-state index contributed by atoms with van der Waals surface area (Å²) in [6.07, 6.45) is 1.12. The van der Waals surface area contributed by atoms with Gasteiger partial charge in [0.1, 0.15) is 5.82 Å². The summed E-state index contributed by atoms with van der Waals surface area (Å²) in [5.74, 6) is -0.525. The molecule has 2 unspecified atom stereocenters. The summed E-state index contributed by atoms with van der Waals surface area (Å²) in [5.41, 5.74) is 6.12. The first-order chi connectivity index (χ1) is 8.36. The summed E-state index contributed by atoms with van der Waals surface area (Å²) in [5, 5.41) is 9.57. The van der Waals surface area contributed by atoms with E-state index >= 15 is 0 Å². The van der Waals surface area contributed by atoms with Gasteiger partial charge in [0.05, 0.1) is 5.02 Å². The molecule has 3 N–H and O–H groups in total. The monoisotopic (exact) mass is 293 g/mol. The van der Waals surface area contributed by atoms with E-state index in [2.05, 4.69) is 0 Å². The first-order valence-electron chi connectivity index (χ1n) is 5.88. The SMILES string of the molecule is CCC(N)C(C)(CCO)c1cc(F)c(Cl)cc1Cl. The van der Waals surface area contributed by atoms with E-state index in [1.807, 2.05) is 13.8 Å². The molecular weight excluding hydrogens is 276 g/mol. The average molecular weight is 294 g/mol. The molecule has 0 aliphatic heterocycles. The van der Waals surface area contributed by atoms with Crippen LogP contribution in [-0.4, -0.2) is 17.8 Å². The van der Waals surface area contributed by atoms with Crippen molar-refractivity contribution in [3.05, 3.63) is 33.6 Å². The first kappa shape index (κ1) is 15.7. The smallest absolute Gasteiger partial charge is 0.142 e. The van der Waals surface area contributed by atoms with Gasteiger partial charge in [0.15, 0.2) is 0 Å². The molecule has 0 aromatic heterocycles. The van der Waals surface area contributed by atoms with Gasteiger partial charge in [-0.3, -0.25) is 0 Å². The van der Waals surface area contributed by atoms with Crippen molar-refractivity contribution in [3.8, 4) is 0 Å². The van der Waals surface area contributed by atoms with Crippen LogP contribution in [0.2, 0.25) is 10.0 Å². The number of hydrogen-bond donors (Lipinski definition) is 2. The zero-order valence-electron chi connectivity index (χ0n) is 10.5. The number of aliphatic hydroxyl groups is 1. The van der Waals surface area contributed by atoms with Crippen molar-refractivity contribution < 1.29 is 9.50 Å². The number of aliphatic hydroxyl groups excluding tert-OH is 1. The van der Waals surface area contributed by atoms with Crippen molar-refractivity contribution >= 4 is 23.2 Å². The fraction of sp³-hybridized carbons (Fsp3) is 0.538. The fourth-order valence-corrected chi connectivity index (χ4v) is 2.76. The highest BCUT2D eigenvalue weighted by Gasteiger charge is 2.34. The van der Waals surface area contributed by atoms with Gasteiger partial charge in [-0.05, 0) is 30.5 Å². The van der Waals surface area contributed by atoms with Gasteiger partial charge >= 0.3 is 0 Å². The van der Waals surface area contributed by atoms with Crippen molar-refractivity contribution in [1.29, 1.82) is 0 Å². The topological polar surface area (TPSA) is 46.2 Å². The minimum atomic E-state index is -0.577. The maximum atomic E-state index is 13.6. The van der Waals surface area contributed by atoms with Crippen molar-refractivity contribution in [1.82, 2.24) is 0 Å². The molecule has 0 saturated heterocycles. The van der Waals surface area contributed by atoms with E-state index in [0.29, 0.717) is 23.4 Å². The van der Waals surface area contributed by atoms with Crippen LogP contribution in [0.4, 0.5) is 4.39 Å². The molecule has 18 heavy (non-hydrogen) atoms. The molecule has 5 heteroatoms. The van der Waals surface area contributed by atoms with Gasteiger partial charge in [-0.1, -0.05) is 37.0 Å².